The number of fused-ring (bicyclic) bond motifs is 1. The van der Waals surface area contributed by atoms with Gasteiger partial charge in [-0.15, -0.1) is 0 Å². The Balaban J connectivity index is 1.33. The topological polar surface area (TPSA) is 54.9 Å². The van der Waals surface area contributed by atoms with Gasteiger partial charge in [-0.25, -0.2) is 0 Å². The standard InChI is InChI=1S/C22H24N4/c23-15-17-6-7-22-20(14-17)21(16-25-22)18-8-11-26(12-9-18)13-10-24-19-4-2-1-3-5-19/h1-7,14,16,18,24-25H,8-13H2. The number of aromatic amines is 1. The Labute approximate surface area is 154 Å². The second-order valence-corrected chi connectivity index (χ2v) is 7.02. The number of piperidine rings is 1. The number of anilines is 1. The molecule has 0 aliphatic carbocycles. The van der Waals surface area contributed by atoms with Gasteiger partial charge >= 0.3 is 0 Å². The van der Waals surface area contributed by atoms with Crippen LogP contribution in [0.4, 0.5) is 5.69 Å². The molecule has 132 valence electrons. The van der Waals surface area contributed by atoms with Crippen LogP contribution in [-0.2, 0) is 0 Å². The molecule has 2 aromatic carbocycles. The van der Waals surface area contributed by atoms with Crippen LogP contribution in [0.3, 0.4) is 0 Å². The lowest BCUT2D eigenvalue weighted by Crippen LogP contribution is -2.36. The Morgan fingerprint density at radius 1 is 1.12 bits per heavy atom. The van der Waals surface area contributed by atoms with Crippen LogP contribution >= 0.6 is 0 Å². The van der Waals surface area contributed by atoms with Gasteiger partial charge in [0.15, 0.2) is 0 Å². The molecule has 3 aromatic rings. The first-order chi connectivity index (χ1) is 12.8. The first-order valence-electron chi connectivity index (χ1n) is 9.36. The maximum atomic E-state index is 9.16. The molecule has 26 heavy (non-hydrogen) atoms. The fourth-order valence-corrected chi connectivity index (χ4v) is 3.93. The Bertz CT molecular complexity index is 899. The number of hydrogen-bond acceptors (Lipinski definition) is 3. The van der Waals surface area contributed by atoms with Gasteiger partial charge in [-0.3, -0.25) is 0 Å². The highest BCUT2D eigenvalue weighted by Gasteiger charge is 2.22. The van der Waals surface area contributed by atoms with E-state index in [1.807, 2.05) is 24.3 Å². The van der Waals surface area contributed by atoms with Crippen LogP contribution in [0, 0.1) is 11.3 Å². The Hall–Kier alpha value is -2.77. The van der Waals surface area contributed by atoms with Crippen LogP contribution in [0.15, 0.2) is 54.7 Å². The van der Waals surface area contributed by atoms with Crippen molar-refractivity contribution in [2.24, 2.45) is 0 Å². The molecular formula is C22H24N4. The zero-order chi connectivity index (χ0) is 17.8. The lowest BCUT2D eigenvalue weighted by Gasteiger charge is -2.32. The van der Waals surface area contributed by atoms with Crippen molar-refractivity contribution in [3.05, 3.63) is 65.9 Å². The number of nitriles is 1. The van der Waals surface area contributed by atoms with E-state index in [2.05, 4.69) is 51.7 Å². The summed E-state index contributed by atoms with van der Waals surface area (Å²) < 4.78 is 0. The summed E-state index contributed by atoms with van der Waals surface area (Å²) in [5.41, 5.74) is 4.44. The Morgan fingerprint density at radius 2 is 1.92 bits per heavy atom. The Kier molecular flexibility index (Phi) is 4.90. The van der Waals surface area contributed by atoms with E-state index in [0.29, 0.717) is 5.92 Å². The fourth-order valence-electron chi connectivity index (χ4n) is 3.93. The summed E-state index contributed by atoms with van der Waals surface area (Å²) in [6, 6.07) is 18.6. The maximum Gasteiger partial charge on any atom is 0.0991 e. The number of benzene rings is 2. The Morgan fingerprint density at radius 3 is 2.69 bits per heavy atom. The quantitative estimate of drug-likeness (QED) is 0.724. The zero-order valence-corrected chi connectivity index (χ0v) is 14.9. The van der Waals surface area contributed by atoms with Gasteiger partial charge < -0.3 is 15.2 Å². The molecule has 1 fully saturated rings. The predicted octanol–water partition coefficient (Wildman–Crippen LogP) is 4.33. The van der Waals surface area contributed by atoms with Crippen molar-refractivity contribution in [1.29, 1.82) is 5.26 Å². The lowest BCUT2D eigenvalue weighted by molar-refractivity contribution is 0.220. The van der Waals surface area contributed by atoms with Crippen molar-refractivity contribution < 1.29 is 0 Å². The number of likely N-dealkylation sites (tertiary alicyclic amines) is 1. The zero-order valence-electron chi connectivity index (χ0n) is 14.9. The summed E-state index contributed by atoms with van der Waals surface area (Å²) >= 11 is 0. The molecule has 4 nitrogen and oxygen atoms in total. The van der Waals surface area contributed by atoms with E-state index in [1.54, 1.807) is 0 Å². The maximum absolute atomic E-state index is 9.16. The van der Waals surface area contributed by atoms with Gasteiger partial charge in [-0.1, -0.05) is 18.2 Å². The van der Waals surface area contributed by atoms with Crippen LogP contribution in [0.1, 0.15) is 29.9 Å². The number of rotatable bonds is 5. The van der Waals surface area contributed by atoms with Crippen molar-refractivity contribution in [3.8, 4) is 6.07 Å². The highest BCUT2D eigenvalue weighted by atomic mass is 15.1. The van der Waals surface area contributed by atoms with Crippen molar-refractivity contribution in [1.82, 2.24) is 9.88 Å². The van der Waals surface area contributed by atoms with Crippen molar-refractivity contribution in [3.63, 3.8) is 0 Å². The smallest absolute Gasteiger partial charge is 0.0991 e. The first kappa shape index (κ1) is 16.7. The van der Waals surface area contributed by atoms with Gasteiger partial charge in [0.2, 0.25) is 0 Å². The molecule has 0 radical (unpaired) electrons. The third kappa shape index (κ3) is 3.58. The highest BCUT2D eigenvalue weighted by molar-refractivity contribution is 5.85. The number of nitrogens with zero attached hydrogens (tertiary/aromatic N) is 2. The van der Waals surface area contributed by atoms with E-state index in [1.165, 1.54) is 29.5 Å². The molecule has 1 saturated heterocycles. The number of H-pyrrole nitrogens is 1. The number of aromatic nitrogens is 1. The average Bonchev–Trinajstić information content (AvgIpc) is 3.12. The highest BCUT2D eigenvalue weighted by Crippen LogP contribution is 2.33. The van der Waals surface area contributed by atoms with Crippen molar-refractivity contribution in [2.75, 3.05) is 31.5 Å². The van der Waals surface area contributed by atoms with Crippen molar-refractivity contribution in [2.45, 2.75) is 18.8 Å². The molecule has 0 spiro atoms. The fraction of sp³-hybridized carbons (Fsp3) is 0.318. The average molecular weight is 344 g/mol. The molecule has 1 aliphatic heterocycles. The molecule has 4 heteroatoms. The van der Waals surface area contributed by atoms with Crippen LogP contribution in [0.2, 0.25) is 0 Å². The van der Waals surface area contributed by atoms with E-state index >= 15 is 0 Å². The molecule has 0 bridgehead atoms. The van der Waals surface area contributed by atoms with Crippen LogP contribution in [0.5, 0.6) is 0 Å². The molecule has 0 saturated carbocycles. The summed E-state index contributed by atoms with van der Waals surface area (Å²) in [5, 5.41) is 13.9. The summed E-state index contributed by atoms with van der Waals surface area (Å²) in [4.78, 5) is 5.91. The number of hydrogen-bond donors (Lipinski definition) is 2. The second kappa shape index (κ2) is 7.63. The minimum atomic E-state index is 0.580. The largest absolute Gasteiger partial charge is 0.384 e. The van der Waals surface area contributed by atoms with Crippen LogP contribution < -0.4 is 5.32 Å². The predicted molar refractivity (Wildman–Crippen MR) is 106 cm³/mol. The first-order valence-corrected chi connectivity index (χ1v) is 9.36. The second-order valence-electron chi connectivity index (χ2n) is 7.02. The third-order valence-corrected chi connectivity index (χ3v) is 5.40. The van der Waals surface area contributed by atoms with Gasteiger partial charge in [-0.05, 0) is 67.7 Å². The van der Waals surface area contributed by atoms with Crippen LogP contribution in [-0.4, -0.2) is 36.1 Å². The molecule has 0 unspecified atom stereocenters. The van der Waals surface area contributed by atoms with Crippen molar-refractivity contribution >= 4 is 16.6 Å². The van der Waals surface area contributed by atoms with Gasteiger partial charge in [0, 0.05) is 35.9 Å². The number of para-hydroxylation sites is 1. The number of nitrogens with one attached hydrogen (secondary N) is 2. The van der Waals surface area contributed by atoms with Gasteiger partial charge in [0.05, 0.1) is 11.6 Å². The van der Waals surface area contributed by atoms with Crippen LogP contribution in [0.25, 0.3) is 10.9 Å². The van der Waals surface area contributed by atoms with E-state index < -0.39 is 0 Å². The molecule has 1 aliphatic rings. The molecular weight excluding hydrogens is 320 g/mol. The molecule has 2 heterocycles. The molecule has 0 amide bonds. The SMILES string of the molecule is N#Cc1ccc2[nH]cc(C3CCN(CCNc4ccccc4)CC3)c2c1. The summed E-state index contributed by atoms with van der Waals surface area (Å²) in [6.45, 7) is 4.32. The minimum absolute atomic E-state index is 0.580. The monoisotopic (exact) mass is 344 g/mol. The minimum Gasteiger partial charge on any atom is -0.384 e. The summed E-state index contributed by atoms with van der Waals surface area (Å²) in [6.07, 6.45) is 4.49. The lowest BCUT2D eigenvalue weighted by atomic mass is 9.89. The van der Waals surface area contributed by atoms with Gasteiger partial charge in [0.1, 0.15) is 0 Å². The summed E-state index contributed by atoms with van der Waals surface area (Å²) in [5.74, 6) is 0.580. The van der Waals surface area contributed by atoms with E-state index in [0.717, 1.165) is 37.3 Å². The van der Waals surface area contributed by atoms with E-state index in [-0.39, 0.29) is 0 Å². The normalized spacial score (nSPS) is 15.8. The summed E-state index contributed by atoms with van der Waals surface area (Å²) in [7, 11) is 0. The van der Waals surface area contributed by atoms with Gasteiger partial charge in [-0.2, -0.15) is 5.26 Å². The molecule has 2 N–H and O–H groups in total. The van der Waals surface area contributed by atoms with E-state index in [9.17, 15) is 0 Å². The molecule has 4 rings (SSSR count). The van der Waals surface area contributed by atoms with Gasteiger partial charge in [0.25, 0.3) is 0 Å². The molecule has 1 aromatic heterocycles. The van der Waals surface area contributed by atoms with E-state index in [4.69, 9.17) is 5.26 Å². The molecule has 0 atom stereocenters. The third-order valence-electron chi connectivity index (χ3n) is 5.40.